The molecule has 0 atom stereocenters. The third-order valence-electron chi connectivity index (χ3n) is 1.65. The molecule has 13 heavy (non-hydrogen) atoms. The van der Waals surface area contributed by atoms with Gasteiger partial charge < -0.3 is 9.57 Å². The molecule has 3 nitrogen and oxygen atoms in total. The molecule has 0 heterocycles. The lowest BCUT2D eigenvalue weighted by atomic mass is 10.2. The van der Waals surface area contributed by atoms with Crippen molar-refractivity contribution in [1.82, 2.24) is 5.48 Å². The fourth-order valence-corrected chi connectivity index (χ4v) is 1.03. The van der Waals surface area contributed by atoms with Crippen LogP contribution in [0.15, 0.2) is 24.3 Å². The summed E-state index contributed by atoms with van der Waals surface area (Å²) in [6.07, 6.45) is 0. The molecule has 0 aliphatic carbocycles. The predicted molar refractivity (Wildman–Crippen MR) is 51.5 cm³/mol. The Morgan fingerprint density at radius 2 is 1.92 bits per heavy atom. The normalized spacial score (nSPS) is 10.0. The Bertz CT molecular complexity index is 233. The van der Waals surface area contributed by atoms with E-state index in [1.165, 1.54) is 5.56 Å². The van der Waals surface area contributed by atoms with Crippen molar-refractivity contribution in [1.29, 1.82) is 0 Å². The van der Waals surface area contributed by atoms with E-state index >= 15 is 0 Å². The molecule has 0 fully saturated rings. The highest BCUT2D eigenvalue weighted by Crippen LogP contribution is 2.11. The van der Waals surface area contributed by atoms with Crippen LogP contribution in [0.4, 0.5) is 0 Å². The molecule has 0 aromatic heterocycles. The smallest absolute Gasteiger partial charge is 0.119 e. The Kier molecular flexibility index (Phi) is 4.29. The van der Waals surface area contributed by atoms with Crippen LogP contribution in [0.5, 0.6) is 5.75 Å². The minimum atomic E-state index is 0.704. The van der Waals surface area contributed by atoms with Crippen molar-refractivity contribution < 1.29 is 9.57 Å². The molecule has 1 rings (SSSR count). The summed E-state index contributed by atoms with van der Waals surface area (Å²) in [6, 6.07) is 7.93. The second-order valence-corrected chi connectivity index (χ2v) is 2.60. The average molecular weight is 181 g/mol. The van der Waals surface area contributed by atoms with Gasteiger partial charge in [0.1, 0.15) is 5.75 Å². The van der Waals surface area contributed by atoms with Gasteiger partial charge in [0.05, 0.1) is 13.7 Å². The first-order valence-corrected chi connectivity index (χ1v) is 4.34. The lowest BCUT2D eigenvalue weighted by molar-refractivity contribution is 0.0867. The molecule has 1 N–H and O–H groups in total. The third-order valence-corrected chi connectivity index (χ3v) is 1.65. The summed E-state index contributed by atoms with van der Waals surface area (Å²) in [5.74, 6) is 0.906. The number of hydrogen-bond donors (Lipinski definition) is 1. The quantitative estimate of drug-likeness (QED) is 0.702. The van der Waals surface area contributed by atoms with Crippen LogP contribution in [0.2, 0.25) is 0 Å². The van der Waals surface area contributed by atoms with Gasteiger partial charge in [0, 0.05) is 6.54 Å². The van der Waals surface area contributed by atoms with Gasteiger partial charge >= 0.3 is 0 Å². The molecule has 0 amide bonds. The summed E-state index contributed by atoms with van der Waals surface area (Å²) in [4.78, 5) is 4.74. The van der Waals surface area contributed by atoms with Gasteiger partial charge in [0.2, 0.25) is 0 Å². The molecule has 0 saturated carbocycles. The largest absolute Gasteiger partial charge is 0.494 e. The fraction of sp³-hybridized carbons (Fsp3) is 0.400. The standard InChI is InChI=1S/C10H15NO2/c1-3-13-10-6-4-9(5-7-10)8-11-12-2/h4-7,11H,3,8H2,1-2H3. The summed E-state index contributed by atoms with van der Waals surface area (Å²) in [5, 5.41) is 0. The topological polar surface area (TPSA) is 30.5 Å². The fourth-order valence-electron chi connectivity index (χ4n) is 1.03. The van der Waals surface area contributed by atoms with Gasteiger partial charge in [-0.25, -0.2) is 0 Å². The summed E-state index contributed by atoms with van der Waals surface area (Å²) in [6.45, 7) is 3.39. The Balaban J connectivity index is 2.48. The molecule has 0 aliphatic heterocycles. The molecule has 1 aromatic rings. The number of benzene rings is 1. The number of hydroxylamine groups is 1. The molecule has 3 heteroatoms. The van der Waals surface area contributed by atoms with Gasteiger partial charge in [-0.3, -0.25) is 0 Å². The van der Waals surface area contributed by atoms with E-state index in [1.54, 1.807) is 7.11 Å². The van der Waals surface area contributed by atoms with Crippen LogP contribution in [0, 0.1) is 0 Å². The molecule has 0 unspecified atom stereocenters. The highest BCUT2D eigenvalue weighted by Gasteiger charge is 1.93. The molecule has 0 radical (unpaired) electrons. The predicted octanol–water partition coefficient (Wildman–Crippen LogP) is 1.74. The zero-order valence-electron chi connectivity index (χ0n) is 8.04. The average Bonchev–Trinajstić information content (AvgIpc) is 2.17. The SMILES string of the molecule is CCOc1ccc(CNOC)cc1. The summed E-state index contributed by atoms with van der Waals surface area (Å²) in [7, 11) is 1.61. The van der Waals surface area contributed by atoms with Gasteiger partial charge in [0.25, 0.3) is 0 Å². The van der Waals surface area contributed by atoms with Gasteiger partial charge in [-0.2, -0.15) is 5.48 Å². The van der Waals surface area contributed by atoms with Crippen molar-refractivity contribution in [2.24, 2.45) is 0 Å². The summed E-state index contributed by atoms with van der Waals surface area (Å²) >= 11 is 0. The van der Waals surface area contributed by atoms with Crippen molar-refractivity contribution in [3.8, 4) is 5.75 Å². The van der Waals surface area contributed by atoms with Crippen molar-refractivity contribution in [3.05, 3.63) is 29.8 Å². The van der Waals surface area contributed by atoms with Gasteiger partial charge in [0.15, 0.2) is 0 Å². The van der Waals surface area contributed by atoms with E-state index in [1.807, 2.05) is 31.2 Å². The van der Waals surface area contributed by atoms with E-state index in [9.17, 15) is 0 Å². The molecule has 72 valence electrons. The molecule has 1 aromatic carbocycles. The van der Waals surface area contributed by atoms with Crippen LogP contribution in [0.25, 0.3) is 0 Å². The first kappa shape index (κ1) is 10.0. The van der Waals surface area contributed by atoms with Crippen LogP contribution in [0.3, 0.4) is 0 Å². The molecular formula is C10H15NO2. The molecule has 0 bridgehead atoms. The van der Waals surface area contributed by atoms with Crippen molar-refractivity contribution in [2.45, 2.75) is 13.5 Å². The number of ether oxygens (including phenoxy) is 1. The monoisotopic (exact) mass is 181 g/mol. The Morgan fingerprint density at radius 3 is 2.46 bits per heavy atom. The summed E-state index contributed by atoms with van der Waals surface area (Å²) in [5.41, 5.74) is 3.95. The molecule has 0 saturated heterocycles. The van der Waals surface area contributed by atoms with Gasteiger partial charge in [-0.1, -0.05) is 12.1 Å². The van der Waals surface area contributed by atoms with E-state index in [-0.39, 0.29) is 0 Å². The Hall–Kier alpha value is -1.06. The van der Waals surface area contributed by atoms with E-state index < -0.39 is 0 Å². The van der Waals surface area contributed by atoms with Crippen molar-refractivity contribution in [2.75, 3.05) is 13.7 Å². The van der Waals surface area contributed by atoms with Crippen molar-refractivity contribution in [3.63, 3.8) is 0 Å². The number of hydrogen-bond acceptors (Lipinski definition) is 3. The second kappa shape index (κ2) is 5.56. The maximum atomic E-state index is 5.31. The molecular weight excluding hydrogens is 166 g/mol. The Morgan fingerprint density at radius 1 is 1.23 bits per heavy atom. The minimum absolute atomic E-state index is 0.704. The van der Waals surface area contributed by atoms with Gasteiger partial charge in [-0.05, 0) is 24.6 Å². The van der Waals surface area contributed by atoms with E-state index in [4.69, 9.17) is 9.57 Å². The third kappa shape index (κ3) is 3.44. The number of rotatable bonds is 5. The van der Waals surface area contributed by atoms with E-state index in [0.29, 0.717) is 13.2 Å². The van der Waals surface area contributed by atoms with Crippen LogP contribution in [-0.4, -0.2) is 13.7 Å². The lowest BCUT2D eigenvalue weighted by Gasteiger charge is -2.04. The second-order valence-electron chi connectivity index (χ2n) is 2.60. The van der Waals surface area contributed by atoms with E-state index in [2.05, 4.69) is 5.48 Å². The minimum Gasteiger partial charge on any atom is -0.494 e. The zero-order chi connectivity index (χ0) is 9.52. The van der Waals surface area contributed by atoms with Crippen LogP contribution in [0.1, 0.15) is 12.5 Å². The van der Waals surface area contributed by atoms with E-state index in [0.717, 1.165) is 5.75 Å². The van der Waals surface area contributed by atoms with Crippen LogP contribution in [-0.2, 0) is 11.4 Å². The number of nitrogens with one attached hydrogen (secondary N) is 1. The maximum absolute atomic E-state index is 5.31. The van der Waals surface area contributed by atoms with Crippen molar-refractivity contribution >= 4 is 0 Å². The highest BCUT2D eigenvalue weighted by molar-refractivity contribution is 5.26. The maximum Gasteiger partial charge on any atom is 0.119 e. The first-order chi connectivity index (χ1) is 6.36. The first-order valence-electron chi connectivity index (χ1n) is 4.34. The van der Waals surface area contributed by atoms with Crippen LogP contribution < -0.4 is 10.2 Å². The highest BCUT2D eigenvalue weighted by atomic mass is 16.6. The van der Waals surface area contributed by atoms with Gasteiger partial charge in [-0.15, -0.1) is 0 Å². The Labute approximate surface area is 78.6 Å². The molecule has 0 aliphatic rings. The van der Waals surface area contributed by atoms with Crippen LogP contribution >= 0.6 is 0 Å². The summed E-state index contributed by atoms with van der Waals surface area (Å²) < 4.78 is 5.31. The zero-order valence-corrected chi connectivity index (χ0v) is 8.04. The molecule has 0 spiro atoms. The lowest BCUT2D eigenvalue weighted by Crippen LogP contribution is -2.10.